The normalized spacial score (nSPS) is 21.2. The highest BCUT2D eigenvalue weighted by molar-refractivity contribution is 5.39. The summed E-state index contributed by atoms with van der Waals surface area (Å²) in [6, 6.07) is 6.02. The second kappa shape index (κ2) is 4.74. The fourth-order valence-electron chi connectivity index (χ4n) is 2.26. The van der Waals surface area contributed by atoms with E-state index in [1.54, 1.807) is 19.2 Å². The van der Waals surface area contributed by atoms with Crippen LogP contribution < -0.4 is 4.74 Å². The molecule has 1 aliphatic heterocycles. The van der Waals surface area contributed by atoms with E-state index >= 15 is 0 Å². The molecule has 2 rings (SSSR count). The van der Waals surface area contributed by atoms with Gasteiger partial charge in [0.15, 0.2) is 0 Å². The lowest BCUT2D eigenvalue weighted by atomic mass is 10.1. The number of phenols is 1. The van der Waals surface area contributed by atoms with Crippen LogP contribution in [0.1, 0.15) is 25.3 Å². The van der Waals surface area contributed by atoms with Crippen molar-refractivity contribution >= 4 is 0 Å². The van der Waals surface area contributed by atoms with E-state index in [-0.39, 0.29) is 0 Å². The molecule has 0 spiro atoms. The predicted octanol–water partition coefficient (Wildman–Crippen LogP) is 2.39. The van der Waals surface area contributed by atoms with Crippen molar-refractivity contribution in [3.8, 4) is 11.5 Å². The molecule has 0 aromatic heterocycles. The van der Waals surface area contributed by atoms with Crippen LogP contribution in [-0.2, 0) is 6.54 Å². The largest absolute Gasteiger partial charge is 0.508 e. The third-order valence-electron chi connectivity index (χ3n) is 3.35. The predicted molar refractivity (Wildman–Crippen MR) is 63.8 cm³/mol. The zero-order chi connectivity index (χ0) is 11.5. The van der Waals surface area contributed by atoms with E-state index in [4.69, 9.17) is 4.74 Å². The maximum atomic E-state index is 9.79. The standard InChI is InChI=1S/C13H19NO2/c1-10-4-3-7-14(10)9-11-8-12(16-2)5-6-13(11)15/h5-6,8,10,15H,3-4,7,9H2,1-2H3. The van der Waals surface area contributed by atoms with Gasteiger partial charge in [-0.2, -0.15) is 0 Å². The van der Waals surface area contributed by atoms with Gasteiger partial charge in [-0.15, -0.1) is 0 Å². The first-order valence-electron chi connectivity index (χ1n) is 5.80. The van der Waals surface area contributed by atoms with Gasteiger partial charge < -0.3 is 9.84 Å². The molecule has 0 radical (unpaired) electrons. The monoisotopic (exact) mass is 221 g/mol. The Bertz CT molecular complexity index is 365. The minimum absolute atomic E-state index is 0.361. The summed E-state index contributed by atoms with van der Waals surface area (Å²) >= 11 is 0. The summed E-state index contributed by atoms with van der Waals surface area (Å²) in [6.07, 6.45) is 2.51. The fourth-order valence-corrected chi connectivity index (χ4v) is 2.26. The number of hydrogen-bond acceptors (Lipinski definition) is 3. The second-order valence-electron chi connectivity index (χ2n) is 4.46. The van der Waals surface area contributed by atoms with Gasteiger partial charge in [-0.1, -0.05) is 0 Å². The first kappa shape index (κ1) is 11.3. The van der Waals surface area contributed by atoms with Gasteiger partial charge in [-0.3, -0.25) is 4.90 Å². The summed E-state index contributed by atoms with van der Waals surface area (Å²) in [6.45, 7) is 4.17. The highest BCUT2D eigenvalue weighted by atomic mass is 16.5. The molecule has 1 N–H and O–H groups in total. The number of rotatable bonds is 3. The summed E-state index contributed by atoms with van der Waals surface area (Å²) in [5.41, 5.74) is 0.952. The van der Waals surface area contributed by atoms with Crippen LogP contribution in [0.5, 0.6) is 11.5 Å². The zero-order valence-corrected chi connectivity index (χ0v) is 9.94. The Morgan fingerprint density at radius 1 is 1.50 bits per heavy atom. The molecule has 1 aromatic carbocycles. The van der Waals surface area contributed by atoms with E-state index < -0.39 is 0 Å². The van der Waals surface area contributed by atoms with Crippen LogP contribution in [0.2, 0.25) is 0 Å². The van der Waals surface area contributed by atoms with Crippen molar-refractivity contribution in [3.05, 3.63) is 23.8 Å². The van der Waals surface area contributed by atoms with Crippen LogP contribution in [0.15, 0.2) is 18.2 Å². The van der Waals surface area contributed by atoms with Crippen molar-refractivity contribution < 1.29 is 9.84 Å². The summed E-state index contributed by atoms with van der Waals surface area (Å²) in [7, 11) is 1.65. The van der Waals surface area contributed by atoms with Crippen molar-refractivity contribution in [2.75, 3.05) is 13.7 Å². The Kier molecular flexibility index (Phi) is 3.34. The quantitative estimate of drug-likeness (QED) is 0.850. The Morgan fingerprint density at radius 3 is 2.94 bits per heavy atom. The maximum Gasteiger partial charge on any atom is 0.120 e. The molecule has 0 bridgehead atoms. The van der Waals surface area contributed by atoms with Crippen LogP contribution in [-0.4, -0.2) is 29.7 Å². The number of methoxy groups -OCH3 is 1. The third kappa shape index (κ3) is 2.30. The fraction of sp³-hybridized carbons (Fsp3) is 0.538. The lowest BCUT2D eigenvalue weighted by Gasteiger charge is -2.21. The second-order valence-corrected chi connectivity index (χ2v) is 4.46. The Hall–Kier alpha value is -1.22. The molecule has 16 heavy (non-hydrogen) atoms. The lowest BCUT2D eigenvalue weighted by molar-refractivity contribution is 0.256. The minimum atomic E-state index is 0.361. The van der Waals surface area contributed by atoms with Gasteiger partial charge in [0, 0.05) is 18.2 Å². The summed E-state index contributed by atoms with van der Waals surface area (Å²) in [4.78, 5) is 2.40. The van der Waals surface area contributed by atoms with Gasteiger partial charge in [-0.05, 0) is 44.5 Å². The molecule has 1 unspecified atom stereocenters. The molecular weight excluding hydrogens is 202 g/mol. The molecule has 0 saturated carbocycles. The van der Waals surface area contributed by atoms with E-state index in [0.717, 1.165) is 24.4 Å². The summed E-state index contributed by atoms with van der Waals surface area (Å²) < 4.78 is 5.17. The Morgan fingerprint density at radius 2 is 2.31 bits per heavy atom. The zero-order valence-electron chi connectivity index (χ0n) is 9.94. The number of phenolic OH excluding ortho intramolecular Hbond substituents is 1. The Labute approximate surface area is 96.6 Å². The van der Waals surface area contributed by atoms with Crippen LogP contribution in [0.3, 0.4) is 0 Å². The van der Waals surface area contributed by atoms with E-state index in [0.29, 0.717) is 11.8 Å². The molecular formula is C13H19NO2. The van der Waals surface area contributed by atoms with Gasteiger partial charge in [0.1, 0.15) is 11.5 Å². The van der Waals surface area contributed by atoms with Crippen LogP contribution in [0, 0.1) is 0 Å². The third-order valence-corrected chi connectivity index (χ3v) is 3.35. The molecule has 0 amide bonds. The van der Waals surface area contributed by atoms with E-state index in [1.807, 2.05) is 6.07 Å². The highest BCUT2D eigenvalue weighted by Crippen LogP contribution is 2.27. The van der Waals surface area contributed by atoms with Crippen LogP contribution in [0.4, 0.5) is 0 Å². The molecule has 1 heterocycles. The van der Waals surface area contributed by atoms with Crippen molar-refractivity contribution in [2.45, 2.75) is 32.4 Å². The SMILES string of the molecule is COc1ccc(O)c(CN2CCCC2C)c1. The molecule has 88 valence electrons. The van der Waals surface area contributed by atoms with Gasteiger partial charge in [-0.25, -0.2) is 0 Å². The maximum absolute atomic E-state index is 9.79. The van der Waals surface area contributed by atoms with E-state index in [2.05, 4.69) is 11.8 Å². The lowest BCUT2D eigenvalue weighted by Crippen LogP contribution is -2.26. The average Bonchev–Trinajstić information content (AvgIpc) is 2.68. The highest BCUT2D eigenvalue weighted by Gasteiger charge is 2.21. The molecule has 1 aliphatic rings. The Balaban J connectivity index is 2.13. The number of aromatic hydroxyl groups is 1. The number of nitrogens with zero attached hydrogens (tertiary/aromatic N) is 1. The number of likely N-dealkylation sites (tertiary alicyclic amines) is 1. The van der Waals surface area contributed by atoms with Gasteiger partial charge in [0.2, 0.25) is 0 Å². The van der Waals surface area contributed by atoms with Crippen LogP contribution in [0.25, 0.3) is 0 Å². The van der Waals surface area contributed by atoms with Crippen molar-refractivity contribution in [3.63, 3.8) is 0 Å². The molecule has 3 heteroatoms. The smallest absolute Gasteiger partial charge is 0.120 e. The molecule has 1 atom stereocenters. The number of benzene rings is 1. The number of ether oxygens (including phenoxy) is 1. The molecule has 1 fully saturated rings. The molecule has 0 aliphatic carbocycles. The topological polar surface area (TPSA) is 32.7 Å². The van der Waals surface area contributed by atoms with Crippen LogP contribution >= 0.6 is 0 Å². The summed E-state index contributed by atoms with van der Waals surface area (Å²) in [5, 5.41) is 9.79. The first-order chi connectivity index (χ1) is 7.70. The molecule has 1 aromatic rings. The first-order valence-corrected chi connectivity index (χ1v) is 5.80. The summed E-state index contributed by atoms with van der Waals surface area (Å²) in [5.74, 6) is 1.17. The van der Waals surface area contributed by atoms with Gasteiger partial charge >= 0.3 is 0 Å². The average molecular weight is 221 g/mol. The van der Waals surface area contributed by atoms with E-state index in [1.165, 1.54) is 12.8 Å². The van der Waals surface area contributed by atoms with Crippen molar-refractivity contribution in [2.24, 2.45) is 0 Å². The van der Waals surface area contributed by atoms with Crippen molar-refractivity contribution in [1.29, 1.82) is 0 Å². The van der Waals surface area contributed by atoms with Gasteiger partial charge in [0.05, 0.1) is 7.11 Å². The molecule has 1 saturated heterocycles. The number of hydrogen-bond donors (Lipinski definition) is 1. The van der Waals surface area contributed by atoms with Gasteiger partial charge in [0.25, 0.3) is 0 Å². The molecule has 3 nitrogen and oxygen atoms in total. The van der Waals surface area contributed by atoms with Crippen molar-refractivity contribution in [1.82, 2.24) is 4.90 Å². The minimum Gasteiger partial charge on any atom is -0.508 e. The van der Waals surface area contributed by atoms with E-state index in [9.17, 15) is 5.11 Å².